The number of carbonyl (C=O) groups excluding carboxylic acids is 1. The first-order chi connectivity index (χ1) is 21.2. The largest absolute Gasteiger partial charge is 0.457 e. The van der Waals surface area contributed by atoms with E-state index in [2.05, 4.69) is 54.0 Å². The van der Waals surface area contributed by atoms with Crippen molar-refractivity contribution in [2.45, 2.75) is 84.2 Å². The van der Waals surface area contributed by atoms with Gasteiger partial charge in [-0.25, -0.2) is 0 Å². The van der Waals surface area contributed by atoms with Crippen molar-refractivity contribution < 1.29 is 9.53 Å². The van der Waals surface area contributed by atoms with Crippen LogP contribution in [0.15, 0.2) is 103 Å². The Kier molecular flexibility index (Phi) is 13.9. The fraction of sp³-hybridized carbons (Fsp3) is 0.359. The van der Waals surface area contributed by atoms with Gasteiger partial charge in [0.05, 0.1) is 0 Å². The van der Waals surface area contributed by atoms with Gasteiger partial charge in [0.2, 0.25) is 0 Å². The first-order valence-electron chi connectivity index (χ1n) is 16.2. The average molecular weight is 577 g/mol. The number of ether oxygens (including phenoxy) is 1. The summed E-state index contributed by atoms with van der Waals surface area (Å²) in [5.74, 6) is 1.69. The summed E-state index contributed by atoms with van der Waals surface area (Å²) < 4.78 is 5.96. The molecule has 4 rings (SSSR count). The summed E-state index contributed by atoms with van der Waals surface area (Å²) >= 11 is 0. The van der Waals surface area contributed by atoms with Crippen LogP contribution in [-0.2, 0) is 13.1 Å². The number of benzene rings is 4. The van der Waals surface area contributed by atoms with E-state index in [-0.39, 0.29) is 5.91 Å². The average Bonchev–Trinajstić information content (AvgIpc) is 3.05. The minimum atomic E-state index is 0.0149. The topological polar surface area (TPSA) is 50.4 Å². The van der Waals surface area contributed by atoms with Gasteiger partial charge < -0.3 is 15.4 Å². The highest BCUT2D eigenvalue weighted by Crippen LogP contribution is 2.23. The molecule has 0 unspecified atom stereocenters. The second-order valence-corrected chi connectivity index (χ2v) is 11.4. The number of para-hydroxylation sites is 1. The number of hydrogen-bond donors (Lipinski definition) is 2. The Labute approximate surface area is 258 Å². The molecular weight excluding hydrogens is 528 g/mol. The van der Waals surface area contributed by atoms with Crippen molar-refractivity contribution in [3.05, 3.63) is 120 Å². The number of nitrogens with one attached hydrogen (secondary N) is 2. The van der Waals surface area contributed by atoms with Crippen LogP contribution in [0.3, 0.4) is 0 Å². The molecule has 0 saturated heterocycles. The van der Waals surface area contributed by atoms with Crippen molar-refractivity contribution in [1.29, 1.82) is 0 Å². The van der Waals surface area contributed by atoms with Gasteiger partial charge in [0.25, 0.3) is 5.91 Å². The molecule has 43 heavy (non-hydrogen) atoms. The zero-order valence-electron chi connectivity index (χ0n) is 25.8. The fourth-order valence-electron chi connectivity index (χ4n) is 5.24. The number of amides is 1. The van der Waals surface area contributed by atoms with Crippen molar-refractivity contribution in [2.75, 3.05) is 6.54 Å². The molecule has 226 valence electrons. The lowest BCUT2D eigenvalue weighted by Gasteiger charge is -2.10. The fourth-order valence-corrected chi connectivity index (χ4v) is 5.24. The molecule has 4 aromatic rings. The summed E-state index contributed by atoms with van der Waals surface area (Å²) in [5.41, 5.74) is 5.38. The molecule has 0 aromatic heterocycles. The summed E-state index contributed by atoms with van der Waals surface area (Å²) in [4.78, 5) is 12.6. The second-order valence-electron chi connectivity index (χ2n) is 11.4. The smallest absolute Gasteiger partial charge is 0.251 e. The molecule has 0 aliphatic heterocycles. The quantitative estimate of drug-likeness (QED) is 0.109. The van der Waals surface area contributed by atoms with Gasteiger partial charge in [-0.05, 0) is 65.1 Å². The summed E-state index contributed by atoms with van der Waals surface area (Å²) in [6.45, 7) is 4.55. The zero-order chi connectivity index (χ0) is 30.0. The van der Waals surface area contributed by atoms with E-state index in [1.54, 1.807) is 0 Å². The van der Waals surface area contributed by atoms with E-state index in [9.17, 15) is 4.79 Å². The summed E-state index contributed by atoms with van der Waals surface area (Å²) in [5, 5.41) is 6.61. The normalized spacial score (nSPS) is 10.9. The van der Waals surface area contributed by atoms with E-state index in [0.29, 0.717) is 0 Å². The number of carbonyl (C=O) groups is 1. The van der Waals surface area contributed by atoms with Crippen molar-refractivity contribution in [3.8, 4) is 22.6 Å². The Hall–Kier alpha value is -3.89. The lowest BCUT2D eigenvalue weighted by molar-refractivity contribution is 0.0953. The lowest BCUT2D eigenvalue weighted by Crippen LogP contribution is -2.24. The first-order valence-corrected chi connectivity index (χ1v) is 16.2. The SMILES string of the molecule is CCCCCCCCCCCCNC(=O)c1ccc(-c2ccc(CNCc3cccc(Oc4ccccc4)c3)cc2)cc1. The Bertz CT molecular complexity index is 1330. The van der Waals surface area contributed by atoms with Crippen LogP contribution in [0, 0.1) is 0 Å². The molecular formula is C39H48N2O2. The van der Waals surface area contributed by atoms with Crippen molar-refractivity contribution in [3.63, 3.8) is 0 Å². The van der Waals surface area contributed by atoms with E-state index in [1.165, 1.54) is 68.9 Å². The Morgan fingerprint density at radius 2 is 1.16 bits per heavy atom. The van der Waals surface area contributed by atoms with Crippen molar-refractivity contribution >= 4 is 5.91 Å². The third-order valence-electron chi connectivity index (χ3n) is 7.79. The molecule has 0 bridgehead atoms. The third kappa shape index (κ3) is 11.7. The van der Waals surface area contributed by atoms with Crippen LogP contribution in [0.1, 0.15) is 92.6 Å². The van der Waals surface area contributed by atoms with Gasteiger partial charge in [0, 0.05) is 25.2 Å². The van der Waals surface area contributed by atoms with Crippen LogP contribution in [0.4, 0.5) is 0 Å². The molecule has 4 aromatic carbocycles. The Balaban J connectivity index is 1.13. The first kappa shape index (κ1) is 32.0. The molecule has 4 nitrogen and oxygen atoms in total. The highest BCUT2D eigenvalue weighted by molar-refractivity contribution is 5.94. The van der Waals surface area contributed by atoms with E-state index < -0.39 is 0 Å². The molecule has 1 amide bonds. The molecule has 0 atom stereocenters. The molecule has 2 N–H and O–H groups in total. The van der Waals surface area contributed by atoms with Crippen LogP contribution in [0.2, 0.25) is 0 Å². The van der Waals surface area contributed by atoms with Crippen molar-refractivity contribution in [1.82, 2.24) is 10.6 Å². The molecule has 0 aliphatic carbocycles. The van der Waals surface area contributed by atoms with Crippen LogP contribution in [-0.4, -0.2) is 12.5 Å². The highest BCUT2D eigenvalue weighted by Gasteiger charge is 2.06. The zero-order valence-corrected chi connectivity index (χ0v) is 25.8. The molecule has 0 aliphatic rings. The van der Waals surface area contributed by atoms with Gasteiger partial charge in [-0.3, -0.25) is 4.79 Å². The maximum Gasteiger partial charge on any atom is 0.251 e. The maximum absolute atomic E-state index is 12.6. The Morgan fingerprint density at radius 3 is 1.84 bits per heavy atom. The van der Waals surface area contributed by atoms with Crippen LogP contribution >= 0.6 is 0 Å². The van der Waals surface area contributed by atoms with Crippen LogP contribution in [0.25, 0.3) is 11.1 Å². The van der Waals surface area contributed by atoms with Gasteiger partial charge in [-0.1, -0.05) is 131 Å². The number of unbranched alkanes of at least 4 members (excludes halogenated alkanes) is 9. The Morgan fingerprint density at radius 1 is 0.581 bits per heavy atom. The molecule has 0 fully saturated rings. The van der Waals surface area contributed by atoms with Gasteiger partial charge in [-0.15, -0.1) is 0 Å². The summed E-state index contributed by atoms with van der Waals surface area (Å²) in [6, 6.07) is 34.6. The number of rotatable bonds is 19. The van der Waals surface area contributed by atoms with Gasteiger partial charge in [-0.2, -0.15) is 0 Å². The minimum Gasteiger partial charge on any atom is -0.457 e. The molecule has 0 radical (unpaired) electrons. The second kappa shape index (κ2) is 18.6. The van der Waals surface area contributed by atoms with Gasteiger partial charge >= 0.3 is 0 Å². The maximum atomic E-state index is 12.6. The molecule has 0 heterocycles. The van der Waals surface area contributed by atoms with E-state index in [0.717, 1.165) is 54.2 Å². The van der Waals surface area contributed by atoms with Gasteiger partial charge in [0.15, 0.2) is 0 Å². The minimum absolute atomic E-state index is 0.0149. The van der Waals surface area contributed by atoms with E-state index in [4.69, 9.17) is 4.74 Å². The number of hydrogen-bond acceptors (Lipinski definition) is 3. The van der Waals surface area contributed by atoms with E-state index >= 15 is 0 Å². The highest BCUT2D eigenvalue weighted by atomic mass is 16.5. The third-order valence-corrected chi connectivity index (χ3v) is 7.79. The molecule has 0 spiro atoms. The monoisotopic (exact) mass is 576 g/mol. The standard InChI is InChI=1S/C39H48N2O2/c1-2-3-4-5-6-7-8-9-10-14-28-41-39(42)36-26-24-35(25-27-36)34-22-20-32(21-23-34)30-40-31-33-16-15-19-38(29-33)43-37-17-12-11-13-18-37/h11-13,15-27,29,40H,2-10,14,28,30-31H2,1H3,(H,41,42). The summed E-state index contributed by atoms with van der Waals surface area (Å²) in [7, 11) is 0. The lowest BCUT2D eigenvalue weighted by atomic mass is 10.0. The van der Waals surface area contributed by atoms with Crippen molar-refractivity contribution in [2.24, 2.45) is 0 Å². The predicted molar refractivity (Wildman–Crippen MR) is 180 cm³/mol. The van der Waals surface area contributed by atoms with Crippen LogP contribution in [0.5, 0.6) is 11.5 Å². The van der Waals surface area contributed by atoms with Crippen LogP contribution < -0.4 is 15.4 Å². The van der Waals surface area contributed by atoms with E-state index in [1.807, 2.05) is 66.7 Å². The summed E-state index contributed by atoms with van der Waals surface area (Å²) in [6.07, 6.45) is 13.0. The molecule has 0 saturated carbocycles. The predicted octanol–water partition coefficient (Wildman–Crippen LogP) is 10.1. The van der Waals surface area contributed by atoms with Gasteiger partial charge in [0.1, 0.15) is 11.5 Å². The molecule has 4 heteroatoms.